The molecule has 0 unspecified atom stereocenters. The summed E-state index contributed by atoms with van der Waals surface area (Å²) in [7, 11) is 0. The van der Waals surface area contributed by atoms with Gasteiger partial charge in [0.15, 0.2) is 5.84 Å². The van der Waals surface area contributed by atoms with E-state index in [0.29, 0.717) is 5.41 Å². The lowest BCUT2D eigenvalue weighted by atomic mass is 9.93. The number of nitrogens with two attached hydrogens (primary N) is 1. The van der Waals surface area contributed by atoms with E-state index in [4.69, 9.17) is 10.9 Å². The number of rotatable bonds is 3. The zero-order valence-electron chi connectivity index (χ0n) is 11.1. The van der Waals surface area contributed by atoms with Crippen LogP contribution in [0.25, 0.3) is 0 Å². The van der Waals surface area contributed by atoms with Crippen molar-refractivity contribution in [2.45, 2.75) is 26.8 Å². The van der Waals surface area contributed by atoms with Crippen LogP contribution >= 0.6 is 0 Å². The molecule has 1 saturated heterocycles. The third-order valence-electron chi connectivity index (χ3n) is 3.49. The minimum absolute atomic E-state index is 0.165. The van der Waals surface area contributed by atoms with Gasteiger partial charge in [0.2, 0.25) is 0 Å². The van der Waals surface area contributed by atoms with Crippen LogP contribution in [-0.2, 0) is 6.54 Å². The molecular weight excluding hydrogens is 226 g/mol. The minimum atomic E-state index is 0.165. The third kappa shape index (κ3) is 3.01. The Labute approximate surface area is 108 Å². The Balaban J connectivity index is 2.06. The van der Waals surface area contributed by atoms with Crippen LogP contribution in [0.1, 0.15) is 31.4 Å². The second-order valence-electron chi connectivity index (χ2n) is 5.81. The van der Waals surface area contributed by atoms with Gasteiger partial charge in [-0.1, -0.05) is 37.2 Å². The van der Waals surface area contributed by atoms with Gasteiger partial charge in [0.05, 0.1) is 0 Å². The predicted octanol–water partition coefficient (Wildman–Crippen LogP) is 2.01. The van der Waals surface area contributed by atoms with E-state index in [0.717, 1.165) is 25.2 Å². The number of benzene rings is 1. The Morgan fingerprint density at radius 3 is 2.89 bits per heavy atom. The second-order valence-corrected chi connectivity index (χ2v) is 5.81. The van der Waals surface area contributed by atoms with E-state index in [1.165, 1.54) is 12.0 Å². The Hall–Kier alpha value is -1.55. The van der Waals surface area contributed by atoms with Gasteiger partial charge in [-0.25, -0.2) is 0 Å². The SMILES string of the molecule is CC1(C)CCN(Cc2cccc(C(N)=NO)c2)C1. The molecule has 1 aromatic carbocycles. The van der Waals surface area contributed by atoms with Crippen molar-refractivity contribution in [3.05, 3.63) is 35.4 Å². The summed E-state index contributed by atoms with van der Waals surface area (Å²) >= 11 is 0. The molecule has 18 heavy (non-hydrogen) atoms. The van der Waals surface area contributed by atoms with E-state index in [2.05, 4.69) is 30.0 Å². The van der Waals surface area contributed by atoms with Crippen molar-refractivity contribution >= 4 is 5.84 Å². The molecule has 1 aliphatic rings. The van der Waals surface area contributed by atoms with Gasteiger partial charge in [-0.15, -0.1) is 0 Å². The number of nitrogens with zero attached hydrogens (tertiary/aromatic N) is 2. The lowest BCUT2D eigenvalue weighted by Crippen LogP contribution is -2.23. The van der Waals surface area contributed by atoms with Crippen molar-refractivity contribution in [1.82, 2.24) is 4.90 Å². The standard InChI is InChI=1S/C14H21N3O/c1-14(2)6-7-17(10-14)9-11-4-3-5-12(8-11)13(15)16-18/h3-5,8,18H,6-7,9-10H2,1-2H3,(H2,15,16). The van der Waals surface area contributed by atoms with Crippen LogP contribution in [0.2, 0.25) is 0 Å². The van der Waals surface area contributed by atoms with Crippen molar-refractivity contribution < 1.29 is 5.21 Å². The summed E-state index contributed by atoms with van der Waals surface area (Å²) in [6, 6.07) is 7.87. The molecule has 4 nitrogen and oxygen atoms in total. The van der Waals surface area contributed by atoms with E-state index in [9.17, 15) is 0 Å². The van der Waals surface area contributed by atoms with Gasteiger partial charge in [0, 0.05) is 18.7 Å². The Morgan fingerprint density at radius 1 is 1.50 bits per heavy atom. The van der Waals surface area contributed by atoms with Gasteiger partial charge in [0.1, 0.15) is 0 Å². The second kappa shape index (κ2) is 4.98. The van der Waals surface area contributed by atoms with E-state index in [1.54, 1.807) is 0 Å². The molecule has 0 aliphatic carbocycles. The number of likely N-dealkylation sites (tertiary alicyclic amines) is 1. The van der Waals surface area contributed by atoms with Crippen LogP contribution in [0.3, 0.4) is 0 Å². The summed E-state index contributed by atoms with van der Waals surface area (Å²) in [6.07, 6.45) is 1.24. The van der Waals surface area contributed by atoms with Gasteiger partial charge in [-0.05, 0) is 30.0 Å². The number of oxime groups is 1. The van der Waals surface area contributed by atoms with Gasteiger partial charge in [-0.2, -0.15) is 0 Å². The van der Waals surface area contributed by atoms with E-state index in [1.807, 2.05) is 18.2 Å². The molecule has 0 radical (unpaired) electrons. The van der Waals surface area contributed by atoms with E-state index >= 15 is 0 Å². The Kier molecular flexibility index (Phi) is 3.57. The van der Waals surface area contributed by atoms with Crippen molar-refractivity contribution in [3.8, 4) is 0 Å². The van der Waals surface area contributed by atoms with Gasteiger partial charge >= 0.3 is 0 Å². The first-order chi connectivity index (χ1) is 8.50. The number of amidine groups is 1. The molecule has 1 aliphatic heterocycles. The molecule has 3 N–H and O–H groups in total. The summed E-state index contributed by atoms with van der Waals surface area (Å²) in [5.41, 5.74) is 8.00. The fourth-order valence-corrected chi connectivity index (χ4v) is 2.50. The fraction of sp³-hybridized carbons (Fsp3) is 0.500. The smallest absolute Gasteiger partial charge is 0.170 e. The molecule has 4 heteroatoms. The molecule has 0 amide bonds. The van der Waals surface area contributed by atoms with Crippen LogP contribution in [0.4, 0.5) is 0 Å². The topological polar surface area (TPSA) is 61.8 Å². The quantitative estimate of drug-likeness (QED) is 0.372. The zero-order chi connectivity index (χ0) is 13.2. The summed E-state index contributed by atoms with van der Waals surface area (Å²) in [6.45, 7) is 7.80. The van der Waals surface area contributed by atoms with Crippen molar-refractivity contribution in [1.29, 1.82) is 0 Å². The highest BCUT2D eigenvalue weighted by atomic mass is 16.4. The van der Waals surface area contributed by atoms with Gasteiger partial charge in [0.25, 0.3) is 0 Å². The van der Waals surface area contributed by atoms with Crippen LogP contribution in [0.15, 0.2) is 29.4 Å². The minimum Gasteiger partial charge on any atom is -0.409 e. The highest BCUT2D eigenvalue weighted by Crippen LogP contribution is 2.29. The van der Waals surface area contributed by atoms with Crippen LogP contribution < -0.4 is 5.73 Å². The first-order valence-corrected chi connectivity index (χ1v) is 6.29. The molecular formula is C14H21N3O. The predicted molar refractivity (Wildman–Crippen MR) is 72.6 cm³/mol. The number of hydrogen-bond donors (Lipinski definition) is 2. The van der Waals surface area contributed by atoms with Gasteiger partial charge in [-0.3, -0.25) is 4.90 Å². The average Bonchev–Trinajstić information content (AvgIpc) is 2.68. The largest absolute Gasteiger partial charge is 0.409 e. The lowest BCUT2D eigenvalue weighted by Gasteiger charge is -2.19. The molecule has 2 rings (SSSR count). The molecule has 1 aromatic rings. The highest BCUT2D eigenvalue weighted by Gasteiger charge is 2.28. The zero-order valence-corrected chi connectivity index (χ0v) is 11.1. The molecule has 0 aromatic heterocycles. The first kappa shape index (κ1) is 12.9. The average molecular weight is 247 g/mol. The van der Waals surface area contributed by atoms with Crippen molar-refractivity contribution in [2.24, 2.45) is 16.3 Å². The Morgan fingerprint density at radius 2 is 2.28 bits per heavy atom. The summed E-state index contributed by atoms with van der Waals surface area (Å²) in [5.74, 6) is 0.165. The molecule has 0 bridgehead atoms. The van der Waals surface area contributed by atoms with Crippen molar-refractivity contribution in [3.63, 3.8) is 0 Å². The fourth-order valence-electron chi connectivity index (χ4n) is 2.50. The third-order valence-corrected chi connectivity index (χ3v) is 3.49. The lowest BCUT2D eigenvalue weighted by molar-refractivity contribution is 0.284. The first-order valence-electron chi connectivity index (χ1n) is 6.29. The maximum absolute atomic E-state index is 8.68. The molecule has 1 fully saturated rings. The molecule has 0 spiro atoms. The summed E-state index contributed by atoms with van der Waals surface area (Å²) in [5, 5.41) is 11.7. The van der Waals surface area contributed by atoms with Crippen LogP contribution in [0, 0.1) is 5.41 Å². The van der Waals surface area contributed by atoms with Crippen molar-refractivity contribution in [2.75, 3.05) is 13.1 Å². The Bertz CT molecular complexity index is 454. The highest BCUT2D eigenvalue weighted by molar-refractivity contribution is 5.97. The monoisotopic (exact) mass is 247 g/mol. The maximum Gasteiger partial charge on any atom is 0.170 e. The normalized spacial score (nSPS) is 20.2. The van der Waals surface area contributed by atoms with Crippen LogP contribution in [-0.4, -0.2) is 29.0 Å². The number of hydrogen-bond acceptors (Lipinski definition) is 3. The maximum atomic E-state index is 8.68. The molecule has 1 heterocycles. The van der Waals surface area contributed by atoms with Gasteiger partial charge < -0.3 is 10.9 Å². The van der Waals surface area contributed by atoms with Crippen LogP contribution in [0.5, 0.6) is 0 Å². The molecule has 0 atom stereocenters. The molecule has 0 saturated carbocycles. The summed E-state index contributed by atoms with van der Waals surface area (Å²) in [4.78, 5) is 2.45. The molecule has 98 valence electrons. The summed E-state index contributed by atoms with van der Waals surface area (Å²) < 4.78 is 0. The van der Waals surface area contributed by atoms with E-state index in [-0.39, 0.29) is 5.84 Å². The van der Waals surface area contributed by atoms with E-state index < -0.39 is 0 Å².